The van der Waals surface area contributed by atoms with Crippen molar-refractivity contribution in [1.82, 2.24) is 0 Å². The van der Waals surface area contributed by atoms with Crippen LogP contribution in [0.3, 0.4) is 0 Å². The fourth-order valence-electron chi connectivity index (χ4n) is 3.84. The van der Waals surface area contributed by atoms with E-state index in [1.165, 1.54) is 5.56 Å². The molecule has 3 aromatic carbocycles. The average molecular weight is 466 g/mol. The molecule has 1 heterocycles. The van der Waals surface area contributed by atoms with Gasteiger partial charge in [-0.15, -0.1) is 0 Å². The van der Waals surface area contributed by atoms with E-state index in [1.54, 1.807) is 18.4 Å². The van der Waals surface area contributed by atoms with E-state index < -0.39 is 7.82 Å². The summed E-state index contributed by atoms with van der Waals surface area (Å²) in [5, 5.41) is 0.704. The smallest absolute Gasteiger partial charge is 0.464 e. The SMILES string of the molecule is C[N+](C)(CCc1coc2cccc(OP(=O)(O)OCc3ccccc3)c12)Cc1ccccc1. The Labute approximate surface area is 194 Å². The lowest BCUT2D eigenvalue weighted by Crippen LogP contribution is -2.40. The van der Waals surface area contributed by atoms with Crippen LogP contribution >= 0.6 is 7.82 Å². The Hall–Kier alpha value is -2.89. The van der Waals surface area contributed by atoms with Gasteiger partial charge < -0.3 is 13.4 Å². The van der Waals surface area contributed by atoms with E-state index in [1.807, 2.05) is 42.5 Å². The topological polar surface area (TPSA) is 68.9 Å². The van der Waals surface area contributed by atoms with Crippen LogP contribution < -0.4 is 4.52 Å². The van der Waals surface area contributed by atoms with Gasteiger partial charge in [-0.3, -0.25) is 9.42 Å². The Morgan fingerprint density at radius 3 is 2.27 bits per heavy atom. The van der Waals surface area contributed by atoms with Crippen molar-refractivity contribution in [2.24, 2.45) is 0 Å². The molecule has 0 aliphatic carbocycles. The molecule has 0 bridgehead atoms. The summed E-state index contributed by atoms with van der Waals surface area (Å²) in [7, 11) is 0.0505. The zero-order chi connectivity index (χ0) is 23.3. The monoisotopic (exact) mass is 466 g/mol. The first-order valence-electron chi connectivity index (χ1n) is 10.9. The van der Waals surface area contributed by atoms with Crippen molar-refractivity contribution in [3.05, 3.63) is 102 Å². The fraction of sp³-hybridized carbons (Fsp3) is 0.231. The third-order valence-electron chi connectivity index (χ3n) is 5.53. The van der Waals surface area contributed by atoms with Crippen molar-refractivity contribution < 1.29 is 27.4 Å². The van der Waals surface area contributed by atoms with Crippen LogP contribution in [-0.2, 0) is 28.7 Å². The lowest BCUT2D eigenvalue weighted by molar-refractivity contribution is -0.903. The molecular weight excluding hydrogens is 437 g/mol. The first-order valence-corrected chi connectivity index (χ1v) is 12.4. The number of rotatable bonds is 10. The summed E-state index contributed by atoms with van der Waals surface area (Å²) in [6, 6.07) is 24.8. The van der Waals surface area contributed by atoms with Crippen LogP contribution in [0.15, 0.2) is 89.5 Å². The van der Waals surface area contributed by atoms with Gasteiger partial charge in [-0.05, 0) is 17.7 Å². The molecule has 0 saturated heterocycles. The summed E-state index contributed by atoms with van der Waals surface area (Å²) in [5.74, 6) is 0.281. The van der Waals surface area contributed by atoms with E-state index in [-0.39, 0.29) is 12.4 Å². The van der Waals surface area contributed by atoms with Gasteiger partial charge in [-0.1, -0.05) is 66.7 Å². The molecule has 0 radical (unpaired) electrons. The van der Waals surface area contributed by atoms with Gasteiger partial charge in [0, 0.05) is 17.5 Å². The van der Waals surface area contributed by atoms with E-state index in [0.717, 1.165) is 35.1 Å². The molecule has 0 spiro atoms. The van der Waals surface area contributed by atoms with Crippen molar-refractivity contribution in [2.45, 2.75) is 19.6 Å². The molecule has 0 amide bonds. The van der Waals surface area contributed by atoms with E-state index in [4.69, 9.17) is 13.5 Å². The summed E-state index contributed by atoms with van der Waals surface area (Å²) in [4.78, 5) is 10.3. The van der Waals surface area contributed by atoms with Gasteiger partial charge in [0.1, 0.15) is 17.9 Å². The summed E-state index contributed by atoms with van der Waals surface area (Å²) in [6.45, 7) is 1.74. The maximum Gasteiger partial charge on any atom is 0.527 e. The molecule has 1 N–H and O–H groups in total. The Morgan fingerprint density at radius 1 is 0.909 bits per heavy atom. The number of phosphoric acid groups is 1. The predicted octanol–water partition coefficient (Wildman–Crippen LogP) is 5.95. The normalized spacial score (nSPS) is 13.7. The fourth-order valence-corrected chi connectivity index (χ4v) is 4.61. The number of quaternary nitrogens is 1. The third-order valence-corrected chi connectivity index (χ3v) is 6.41. The standard InChI is InChI=1S/C26H28NO5P/c1-27(2,18-21-10-5-3-6-11-21)17-16-23-20-30-24-14-9-15-25(26(23)24)32-33(28,29)31-19-22-12-7-4-8-13-22/h3-15,20H,16-19H2,1-2H3/p+1. The second kappa shape index (κ2) is 9.94. The molecule has 172 valence electrons. The molecular formula is C26H29NO5P+. The highest BCUT2D eigenvalue weighted by atomic mass is 31.2. The molecule has 4 aromatic rings. The molecule has 0 aliphatic rings. The second-order valence-electron chi connectivity index (χ2n) is 8.76. The number of hydrogen-bond donors (Lipinski definition) is 1. The van der Waals surface area contributed by atoms with Crippen LogP contribution in [-0.4, -0.2) is 30.0 Å². The van der Waals surface area contributed by atoms with Gasteiger partial charge in [-0.2, -0.15) is 0 Å². The Bertz CT molecular complexity index is 1240. The number of hydrogen-bond acceptors (Lipinski definition) is 4. The number of fused-ring (bicyclic) bond motifs is 1. The molecule has 33 heavy (non-hydrogen) atoms. The largest absolute Gasteiger partial charge is 0.527 e. The second-order valence-corrected chi connectivity index (χ2v) is 10.1. The zero-order valence-electron chi connectivity index (χ0n) is 18.9. The maximum atomic E-state index is 12.6. The molecule has 7 heteroatoms. The average Bonchev–Trinajstić information content (AvgIpc) is 3.22. The van der Waals surface area contributed by atoms with Crippen LogP contribution in [0.1, 0.15) is 16.7 Å². The van der Waals surface area contributed by atoms with Crippen LogP contribution in [0.2, 0.25) is 0 Å². The van der Waals surface area contributed by atoms with Gasteiger partial charge in [0.25, 0.3) is 0 Å². The molecule has 1 aromatic heterocycles. The highest BCUT2D eigenvalue weighted by molar-refractivity contribution is 7.47. The quantitative estimate of drug-likeness (QED) is 0.231. The van der Waals surface area contributed by atoms with E-state index in [9.17, 15) is 9.46 Å². The van der Waals surface area contributed by atoms with E-state index >= 15 is 0 Å². The third kappa shape index (κ3) is 6.34. The van der Waals surface area contributed by atoms with E-state index in [2.05, 4.69) is 38.4 Å². The summed E-state index contributed by atoms with van der Waals surface area (Å²) in [6.07, 6.45) is 2.43. The molecule has 0 saturated carbocycles. The van der Waals surface area contributed by atoms with Crippen molar-refractivity contribution in [3.63, 3.8) is 0 Å². The summed E-state index contributed by atoms with van der Waals surface area (Å²) >= 11 is 0. The lowest BCUT2D eigenvalue weighted by Gasteiger charge is -2.30. The van der Waals surface area contributed by atoms with Crippen LogP contribution in [0.5, 0.6) is 5.75 Å². The first kappa shape index (κ1) is 23.3. The van der Waals surface area contributed by atoms with Crippen molar-refractivity contribution in [2.75, 3.05) is 20.6 Å². The van der Waals surface area contributed by atoms with Crippen LogP contribution in [0, 0.1) is 0 Å². The van der Waals surface area contributed by atoms with Gasteiger partial charge in [-0.25, -0.2) is 4.57 Å². The zero-order valence-corrected chi connectivity index (χ0v) is 19.8. The van der Waals surface area contributed by atoms with Crippen LogP contribution in [0.25, 0.3) is 11.0 Å². The van der Waals surface area contributed by atoms with Crippen LogP contribution in [0.4, 0.5) is 0 Å². The molecule has 0 fully saturated rings. The number of phosphoric ester groups is 1. The Balaban J connectivity index is 1.47. The van der Waals surface area contributed by atoms with Crippen molar-refractivity contribution in [3.8, 4) is 5.75 Å². The summed E-state index contributed by atoms with van der Waals surface area (Å²) in [5.41, 5.74) is 3.61. The summed E-state index contributed by atoms with van der Waals surface area (Å²) < 4.78 is 29.8. The minimum absolute atomic E-state index is 0.0198. The van der Waals surface area contributed by atoms with Crippen molar-refractivity contribution in [1.29, 1.82) is 0 Å². The minimum atomic E-state index is -4.32. The van der Waals surface area contributed by atoms with Gasteiger partial charge in [0.2, 0.25) is 0 Å². The maximum absolute atomic E-state index is 12.6. The number of likely N-dealkylation sites (N-methyl/N-ethyl adjacent to an activating group) is 1. The molecule has 1 unspecified atom stereocenters. The number of furan rings is 1. The molecule has 1 atom stereocenters. The molecule has 4 rings (SSSR count). The van der Waals surface area contributed by atoms with E-state index in [0.29, 0.717) is 11.0 Å². The predicted molar refractivity (Wildman–Crippen MR) is 129 cm³/mol. The Morgan fingerprint density at radius 2 is 1.58 bits per heavy atom. The number of nitrogens with zero attached hydrogens (tertiary/aromatic N) is 1. The highest BCUT2D eigenvalue weighted by Crippen LogP contribution is 2.47. The van der Waals surface area contributed by atoms with Gasteiger partial charge in [0.15, 0.2) is 0 Å². The number of benzene rings is 3. The first-order chi connectivity index (χ1) is 15.8. The highest BCUT2D eigenvalue weighted by Gasteiger charge is 2.26. The van der Waals surface area contributed by atoms with Crippen molar-refractivity contribution >= 4 is 18.8 Å². The molecule has 0 aliphatic heterocycles. The lowest BCUT2D eigenvalue weighted by atomic mass is 10.1. The Kier molecular flexibility index (Phi) is 7.01. The minimum Gasteiger partial charge on any atom is -0.464 e. The van der Waals surface area contributed by atoms with Gasteiger partial charge in [0.05, 0.1) is 38.9 Å². The molecule has 6 nitrogen and oxygen atoms in total. The van der Waals surface area contributed by atoms with Gasteiger partial charge >= 0.3 is 7.82 Å².